The van der Waals surface area contributed by atoms with E-state index < -0.39 is 0 Å². The number of carbonyl (C=O) groups excluding carboxylic acids is 1. The number of hydrogen-bond donors (Lipinski definition) is 1. The van der Waals surface area contributed by atoms with E-state index in [1.807, 2.05) is 12.1 Å². The van der Waals surface area contributed by atoms with Crippen molar-refractivity contribution in [1.82, 2.24) is 10.2 Å². The van der Waals surface area contributed by atoms with Crippen molar-refractivity contribution in [2.24, 2.45) is 0 Å². The Morgan fingerprint density at radius 2 is 2.04 bits per heavy atom. The standard InChI is InChI=1S/C18H26N2O4/c1-22-16-8-13-5-6-20(11-14(13)9-17(16)23-2)12-18(21)19-10-15-4-3-7-24-15/h8-9,15H,3-7,10-12H2,1-2H3,(H,19,21). The maximum atomic E-state index is 12.2. The number of methoxy groups -OCH3 is 2. The maximum Gasteiger partial charge on any atom is 0.234 e. The third-order valence-corrected chi connectivity index (χ3v) is 4.72. The van der Waals surface area contributed by atoms with Crippen LogP contribution in [0.25, 0.3) is 0 Å². The molecule has 132 valence electrons. The van der Waals surface area contributed by atoms with Crippen molar-refractivity contribution in [2.75, 3.05) is 40.5 Å². The van der Waals surface area contributed by atoms with Gasteiger partial charge in [-0.3, -0.25) is 9.69 Å². The largest absolute Gasteiger partial charge is 0.493 e. The van der Waals surface area contributed by atoms with Gasteiger partial charge in [-0.2, -0.15) is 0 Å². The zero-order valence-electron chi connectivity index (χ0n) is 14.5. The first kappa shape index (κ1) is 17.0. The number of ether oxygens (including phenoxy) is 3. The lowest BCUT2D eigenvalue weighted by Crippen LogP contribution is -2.42. The van der Waals surface area contributed by atoms with Crippen molar-refractivity contribution in [2.45, 2.75) is 31.9 Å². The topological polar surface area (TPSA) is 60.0 Å². The van der Waals surface area contributed by atoms with Crippen LogP contribution in [-0.2, 0) is 22.5 Å². The average Bonchev–Trinajstić information content (AvgIpc) is 3.12. The van der Waals surface area contributed by atoms with Crippen molar-refractivity contribution in [3.8, 4) is 11.5 Å². The van der Waals surface area contributed by atoms with Gasteiger partial charge < -0.3 is 19.5 Å². The summed E-state index contributed by atoms with van der Waals surface area (Å²) in [6.07, 6.45) is 3.23. The van der Waals surface area contributed by atoms with Gasteiger partial charge in [-0.1, -0.05) is 0 Å². The van der Waals surface area contributed by atoms with Crippen LogP contribution in [-0.4, -0.2) is 57.4 Å². The van der Waals surface area contributed by atoms with Gasteiger partial charge in [-0.25, -0.2) is 0 Å². The van der Waals surface area contributed by atoms with E-state index in [2.05, 4.69) is 10.2 Å². The van der Waals surface area contributed by atoms with Gasteiger partial charge in [0, 0.05) is 26.2 Å². The van der Waals surface area contributed by atoms with E-state index in [0.29, 0.717) is 13.1 Å². The number of nitrogens with zero attached hydrogens (tertiary/aromatic N) is 1. The zero-order valence-corrected chi connectivity index (χ0v) is 14.5. The summed E-state index contributed by atoms with van der Waals surface area (Å²) in [6, 6.07) is 4.06. The number of rotatable bonds is 6. The molecule has 0 radical (unpaired) electrons. The Balaban J connectivity index is 1.55. The molecule has 1 aromatic carbocycles. The van der Waals surface area contributed by atoms with E-state index in [9.17, 15) is 4.79 Å². The Morgan fingerprint density at radius 3 is 2.71 bits per heavy atom. The van der Waals surface area contributed by atoms with Gasteiger partial charge in [0.05, 0.1) is 26.9 Å². The van der Waals surface area contributed by atoms with Crippen LogP contribution in [0, 0.1) is 0 Å². The molecule has 2 aliphatic heterocycles. The molecule has 0 saturated carbocycles. The summed E-state index contributed by atoms with van der Waals surface area (Å²) in [5.41, 5.74) is 2.47. The summed E-state index contributed by atoms with van der Waals surface area (Å²) in [6.45, 7) is 3.47. The molecule has 1 aromatic rings. The van der Waals surface area contributed by atoms with Gasteiger partial charge in [-0.15, -0.1) is 0 Å². The highest BCUT2D eigenvalue weighted by Gasteiger charge is 2.22. The van der Waals surface area contributed by atoms with Crippen LogP contribution in [0.2, 0.25) is 0 Å². The second-order valence-electron chi connectivity index (χ2n) is 6.38. The number of carbonyl (C=O) groups is 1. The van der Waals surface area contributed by atoms with Crippen molar-refractivity contribution >= 4 is 5.91 Å². The van der Waals surface area contributed by atoms with Crippen molar-refractivity contribution in [1.29, 1.82) is 0 Å². The minimum absolute atomic E-state index is 0.0643. The summed E-state index contributed by atoms with van der Waals surface area (Å²) >= 11 is 0. The molecule has 0 spiro atoms. The fraction of sp³-hybridized carbons (Fsp3) is 0.611. The van der Waals surface area contributed by atoms with Gasteiger partial charge in [0.15, 0.2) is 11.5 Å². The van der Waals surface area contributed by atoms with Crippen molar-refractivity contribution in [3.63, 3.8) is 0 Å². The molecule has 1 saturated heterocycles. The van der Waals surface area contributed by atoms with E-state index in [1.54, 1.807) is 14.2 Å². The van der Waals surface area contributed by atoms with Gasteiger partial charge in [0.2, 0.25) is 5.91 Å². The fourth-order valence-electron chi connectivity index (χ4n) is 3.37. The molecular formula is C18H26N2O4. The lowest BCUT2D eigenvalue weighted by Gasteiger charge is -2.29. The molecule has 2 heterocycles. The molecule has 1 amide bonds. The summed E-state index contributed by atoms with van der Waals surface area (Å²) in [5, 5.41) is 2.99. The van der Waals surface area contributed by atoms with Gasteiger partial charge in [0.1, 0.15) is 0 Å². The third-order valence-electron chi connectivity index (χ3n) is 4.72. The smallest absolute Gasteiger partial charge is 0.234 e. The summed E-state index contributed by atoms with van der Waals surface area (Å²) in [4.78, 5) is 14.3. The van der Waals surface area contributed by atoms with E-state index in [-0.39, 0.29) is 12.0 Å². The number of nitrogens with one attached hydrogen (secondary N) is 1. The molecule has 1 unspecified atom stereocenters. The maximum absolute atomic E-state index is 12.2. The Kier molecular flexibility index (Phi) is 5.58. The first-order valence-corrected chi connectivity index (χ1v) is 8.54. The highest BCUT2D eigenvalue weighted by molar-refractivity contribution is 5.78. The monoisotopic (exact) mass is 334 g/mol. The first-order chi connectivity index (χ1) is 11.7. The molecule has 0 bridgehead atoms. The molecule has 3 rings (SSSR count). The lowest BCUT2D eigenvalue weighted by atomic mass is 9.99. The normalized spacial score (nSPS) is 20.5. The minimum Gasteiger partial charge on any atom is -0.493 e. The Labute approximate surface area is 143 Å². The Hall–Kier alpha value is -1.79. The zero-order chi connectivity index (χ0) is 16.9. The molecule has 0 aliphatic carbocycles. The van der Waals surface area contributed by atoms with E-state index in [1.165, 1.54) is 11.1 Å². The second-order valence-corrected chi connectivity index (χ2v) is 6.38. The minimum atomic E-state index is 0.0643. The van der Waals surface area contributed by atoms with Crippen LogP contribution in [0.4, 0.5) is 0 Å². The van der Waals surface area contributed by atoms with Gasteiger partial charge in [-0.05, 0) is 42.5 Å². The van der Waals surface area contributed by atoms with Crippen LogP contribution in [0.3, 0.4) is 0 Å². The van der Waals surface area contributed by atoms with Crippen LogP contribution < -0.4 is 14.8 Å². The number of benzene rings is 1. The fourth-order valence-corrected chi connectivity index (χ4v) is 3.37. The van der Waals surface area contributed by atoms with Crippen LogP contribution in [0.1, 0.15) is 24.0 Å². The highest BCUT2D eigenvalue weighted by Crippen LogP contribution is 2.33. The van der Waals surface area contributed by atoms with E-state index >= 15 is 0 Å². The Morgan fingerprint density at radius 1 is 1.29 bits per heavy atom. The predicted octanol–water partition coefficient (Wildman–Crippen LogP) is 1.36. The number of fused-ring (bicyclic) bond motifs is 1. The van der Waals surface area contributed by atoms with Crippen LogP contribution >= 0.6 is 0 Å². The van der Waals surface area contributed by atoms with Crippen LogP contribution in [0.5, 0.6) is 11.5 Å². The van der Waals surface area contributed by atoms with E-state index in [4.69, 9.17) is 14.2 Å². The molecule has 1 fully saturated rings. The van der Waals surface area contributed by atoms with Crippen molar-refractivity contribution in [3.05, 3.63) is 23.3 Å². The SMILES string of the molecule is COc1cc2c(cc1OC)CN(CC(=O)NCC1CCCO1)CC2. The second kappa shape index (κ2) is 7.85. The molecule has 1 N–H and O–H groups in total. The Bertz CT molecular complexity index is 585. The quantitative estimate of drug-likeness (QED) is 0.851. The molecule has 6 heteroatoms. The summed E-state index contributed by atoms with van der Waals surface area (Å²) < 4.78 is 16.3. The number of amides is 1. The summed E-state index contributed by atoms with van der Waals surface area (Å²) in [7, 11) is 3.29. The molecule has 0 aromatic heterocycles. The summed E-state index contributed by atoms with van der Waals surface area (Å²) in [5.74, 6) is 1.56. The molecule has 1 atom stereocenters. The molecule has 6 nitrogen and oxygen atoms in total. The highest BCUT2D eigenvalue weighted by atomic mass is 16.5. The van der Waals surface area contributed by atoms with Crippen LogP contribution in [0.15, 0.2) is 12.1 Å². The number of hydrogen-bond acceptors (Lipinski definition) is 5. The molecular weight excluding hydrogens is 308 g/mol. The average molecular weight is 334 g/mol. The predicted molar refractivity (Wildman–Crippen MR) is 90.5 cm³/mol. The molecule has 2 aliphatic rings. The third kappa shape index (κ3) is 3.99. The molecule has 24 heavy (non-hydrogen) atoms. The van der Waals surface area contributed by atoms with Gasteiger partial charge in [0.25, 0.3) is 0 Å². The first-order valence-electron chi connectivity index (χ1n) is 8.54. The van der Waals surface area contributed by atoms with Crippen molar-refractivity contribution < 1.29 is 19.0 Å². The lowest BCUT2D eigenvalue weighted by molar-refractivity contribution is -0.123. The van der Waals surface area contributed by atoms with Gasteiger partial charge >= 0.3 is 0 Å². The van der Waals surface area contributed by atoms with E-state index in [0.717, 1.165) is 50.5 Å².